The number of methoxy groups -OCH3 is 1. The van der Waals surface area contributed by atoms with E-state index in [1.165, 1.54) is 6.07 Å². The lowest BCUT2D eigenvalue weighted by molar-refractivity contribution is -0.126. The van der Waals surface area contributed by atoms with Gasteiger partial charge in [0.25, 0.3) is 5.91 Å². The molecule has 250 valence electrons. The quantitative estimate of drug-likeness (QED) is 0.130. The Balaban J connectivity index is 1.23. The minimum atomic E-state index is -2.44. The van der Waals surface area contributed by atoms with Crippen molar-refractivity contribution in [1.82, 2.24) is 30.7 Å². The molecule has 1 atom stereocenters. The van der Waals surface area contributed by atoms with E-state index in [0.717, 1.165) is 16.8 Å². The smallest absolute Gasteiger partial charge is 0.251 e. The van der Waals surface area contributed by atoms with Gasteiger partial charge in [-0.05, 0) is 68.5 Å². The minimum Gasteiger partial charge on any atom is -0.497 e. The monoisotopic (exact) mass is 689 g/mol. The highest BCUT2D eigenvalue weighted by Crippen LogP contribution is 2.34. The van der Waals surface area contributed by atoms with Gasteiger partial charge in [0.15, 0.2) is 12.6 Å². The number of hydrogen-bond acceptors (Lipinski definition) is 9. The summed E-state index contributed by atoms with van der Waals surface area (Å²) >= 11 is 6.17. The molecule has 1 aliphatic rings. The van der Waals surface area contributed by atoms with Crippen molar-refractivity contribution in [3.05, 3.63) is 100 Å². The number of carbonyl (C=O) groups is 3. The molecule has 5 rings (SSSR count). The van der Waals surface area contributed by atoms with E-state index < -0.39 is 26.2 Å². The number of aliphatic imine (C=N–C) groups is 1. The van der Waals surface area contributed by atoms with Crippen LogP contribution in [0.5, 0.6) is 11.5 Å². The van der Waals surface area contributed by atoms with Crippen molar-refractivity contribution in [2.45, 2.75) is 32.5 Å². The van der Waals surface area contributed by atoms with Gasteiger partial charge in [0.05, 0.1) is 31.5 Å². The molecule has 2 heterocycles. The predicted molar refractivity (Wildman–Crippen MR) is 182 cm³/mol. The van der Waals surface area contributed by atoms with E-state index in [9.17, 15) is 19.2 Å². The number of aryl methyl sites for hydroxylation is 1. The number of hydrogen-bond donors (Lipinski definition) is 4. The second-order valence-corrected chi connectivity index (χ2v) is 16.1. The molecular weight excluding hydrogens is 654 g/mol. The maximum absolute atomic E-state index is 13.2. The molecule has 0 saturated heterocycles. The standard InChI is InChI=1S/C33H36ClN7O6Si/c1-20-39-40-32-27(38-31(21-8-10-23(34)11-9-21)26-15-24(46-2)12-13-28(26)41(20)32)16-29(42)35-17-30(43)36-18-47-25-7-5-6-22(14-25)33(44)37-19-48(3,4)45/h5-15,27,45H,16-19H2,1-4H3,(H,35,42)(H,36,43)(H,37,44)/t27-/m0/s1. The summed E-state index contributed by atoms with van der Waals surface area (Å²) in [4.78, 5) is 53.1. The first-order valence-electron chi connectivity index (χ1n) is 15.1. The molecule has 48 heavy (non-hydrogen) atoms. The summed E-state index contributed by atoms with van der Waals surface area (Å²) in [5.41, 5.74) is 3.32. The Labute approximate surface area is 283 Å². The van der Waals surface area contributed by atoms with Crippen LogP contribution in [-0.2, 0) is 9.59 Å². The van der Waals surface area contributed by atoms with Gasteiger partial charge in [0.2, 0.25) is 20.1 Å². The van der Waals surface area contributed by atoms with Crippen LogP contribution < -0.4 is 25.4 Å². The molecule has 13 nitrogen and oxygen atoms in total. The van der Waals surface area contributed by atoms with E-state index in [0.29, 0.717) is 39.4 Å². The molecule has 0 fully saturated rings. The van der Waals surface area contributed by atoms with Crippen LogP contribution in [0.1, 0.15) is 45.6 Å². The number of benzene rings is 3. The number of ether oxygens (including phenoxy) is 2. The van der Waals surface area contributed by atoms with E-state index in [2.05, 4.69) is 26.1 Å². The summed E-state index contributed by atoms with van der Waals surface area (Å²) < 4.78 is 13.0. The van der Waals surface area contributed by atoms with Gasteiger partial charge in [-0.3, -0.25) is 23.9 Å². The second kappa shape index (κ2) is 14.8. The number of nitrogens with zero attached hydrogens (tertiary/aromatic N) is 4. The molecule has 3 amide bonds. The van der Waals surface area contributed by atoms with Crippen molar-refractivity contribution in [2.24, 2.45) is 4.99 Å². The van der Waals surface area contributed by atoms with Gasteiger partial charge in [0, 0.05) is 27.9 Å². The van der Waals surface area contributed by atoms with Crippen LogP contribution in [0.15, 0.2) is 71.7 Å². The normalized spacial score (nSPS) is 13.7. The minimum absolute atomic E-state index is 0.102. The molecule has 4 aromatic rings. The predicted octanol–water partition coefficient (Wildman–Crippen LogP) is 3.26. The molecule has 15 heteroatoms. The molecule has 0 aliphatic carbocycles. The molecular formula is C33H36ClN7O6Si. The second-order valence-electron chi connectivity index (χ2n) is 11.7. The van der Waals surface area contributed by atoms with Gasteiger partial charge in [0.1, 0.15) is 23.4 Å². The maximum atomic E-state index is 13.2. The van der Waals surface area contributed by atoms with Crippen molar-refractivity contribution in [3.63, 3.8) is 0 Å². The summed E-state index contributed by atoms with van der Waals surface area (Å²) in [5, 5.41) is 17.2. The Bertz CT molecular complexity index is 1860. The zero-order chi connectivity index (χ0) is 34.4. The van der Waals surface area contributed by atoms with Crippen LogP contribution >= 0.6 is 11.6 Å². The van der Waals surface area contributed by atoms with Crippen LogP contribution in [0.2, 0.25) is 18.1 Å². The Kier molecular flexibility index (Phi) is 10.6. The Morgan fingerprint density at radius 2 is 1.73 bits per heavy atom. The van der Waals surface area contributed by atoms with Crippen LogP contribution in [0.3, 0.4) is 0 Å². The van der Waals surface area contributed by atoms with Gasteiger partial charge in [-0.15, -0.1) is 10.2 Å². The van der Waals surface area contributed by atoms with Crippen LogP contribution in [0.25, 0.3) is 5.69 Å². The average molecular weight is 690 g/mol. The fourth-order valence-electron chi connectivity index (χ4n) is 4.99. The maximum Gasteiger partial charge on any atom is 0.251 e. The van der Waals surface area contributed by atoms with Crippen molar-refractivity contribution >= 4 is 43.4 Å². The zero-order valence-corrected chi connectivity index (χ0v) is 28.7. The third-order valence-electron chi connectivity index (χ3n) is 7.36. The first kappa shape index (κ1) is 34.3. The molecule has 0 saturated carbocycles. The molecule has 1 aliphatic heterocycles. The van der Waals surface area contributed by atoms with Gasteiger partial charge < -0.3 is 30.2 Å². The first-order chi connectivity index (χ1) is 22.9. The Morgan fingerprint density at radius 3 is 2.46 bits per heavy atom. The van der Waals surface area contributed by atoms with Gasteiger partial charge in [-0.25, -0.2) is 0 Å². The fraction of sp³-hybridized carbons (Fsp3) is 0.273. The van der Waals surface area contributed by atoms with Gasteiger partial charge in [-0.2, -0.15) is 0 Å². The van der Waals surface area contributed by atoms with Crippen molar-refractivity contribution in [2.75, 3.05) is 26.6 Å². The summed E-state index contributed by atoms with van der Waals surface area (Å²) in [5.74, 6) is 0.876. The number of aromatic nitrogens is 3. The van der Waals surface area contributed by atoms with Crippen molar-refractivity contribution in [1.29, 1.82) is 0 Å². The Hall–Kier alpha value is -5.05. The van der Waals surface area contributed by atoms with E-state index in [-0.39, 0.29) is 31.8 Å². The molecule has 3 aromatic carbocycles. The number of nitrogens with one attached hydrogen (secondary N) is 3. The number of carbonyl (C=O) groups excluding carboxylic acids is 3. The molecule has 4 N–H and O–H groups in total. The molecule has 0 radical (unpaired) electrons. The highest BCUT2D eigenvalue weighted by atomic mass is 35.5. The fourth-order valence-corrected chi connectivity index (χ4v) is 5.71. The number of rotatable bonds is 12. The van der Waals surface area contributed by atoms with Gasteiger partial charge >= 0.3 is 0 Å². The van der Waals surface area contributed by atoms with Crippen molar-refractivity contribution in [3.8, 4) is 17.2 Å². The van der Waals surface area contributed by atoms with E-state index >= 15 is 0 Å². The van der Waals surface area contributed by atoms with E-state index in [1.54, 1.807) is 50.5 Å². The molecule has 1 aromatic heterocycles. The lowest BCUT2D eigenvalue weighted by Crippen LogP contribution is -2.42. The number of amides is 3. The summed E-state index contributed by atoms with van der Waals surface area (Å²) in [7, 11) is -0.857. The summed E-state index contributed by atoms with van der Waals surface area (Å²) in [6.45, 7) is 4.80. The van der Waals surface area contributed by atoms with E-state index in [4.69, 9.17) is 26.1 Å². The average Bonchev–Trinajstić information content (AvgIpc) is 3.39. The molecule has 0 bridgehead atoms. The SMILES string of the molecule is COc1ccc2c(c1)C(c1ccc(Cl)cc1)=N[C@@H](CC(=O)NCC(=O)NCOc1cccc(C(=O)NC[Si](C)(C)O)c1)c1nnc(C)n1-2. The number of halogens is 1. The first-order valence-corrected chi connectivity index (χ1v) is 18.7. The number of fused-ring (bicyclic) bond motifs is 3. The summed E-state index contributed by atoms with van der Waals surface area (Å²) in [6, 6.07) is 18.6. The van der Waals surface area contributed by atoms with Crippen LogP contribution in [0.4, 0.5) is 0 Å². The van der Waals surface area contributed by atoms with E-state index in [1.807, 2.05) is 41.8 Å². The van der Waals surface area contributed by atoms with Crippen LogP contribution in [0, 0.1) is 6.92 Å². The topological polar surface area (TPSA) is 169 Å². The third kappa shape index (κ3) is 8.45. The molecule has 0 unspecified atom stereocenters. The largest absolute Gasteiger partial charge is 0.497 e. The lowest BCUT2D eigenvalue weighted by atomic mass is 10.00. The lowest BCUT2D eigenvalue weighted by Gasteiger charge is -2.15. The molecule has 0 spiro atoms. The van der Waals surface area contributed by atoms with Crippen molar-refractivity contribution < 1.29 is 28.7 Å². The summed E-state index contributed by atoms with van der Waals surface area (Å²) in [6.07, 6.45) is 0.118. The highest BCUT2D eigenvalue weighted by molar-refractivity contribution is 6.70. The zero-order valence-electron chi connectivity index (χ0n) is 26.9. The van der Waals surface area contributed by atoms with Crippen LogP contribution in [-0.4, -0.2) is 77.9 Å². The van der Waals surface area contributed by atoms with Gasteiger partial charge in [-0.1, -0.05) is 29.8 Å². The highest BCUT2D eigenvalue weighted by Gasteiger charge is 2.30. The third-order valence-corrected chi connectivity index (χ3v) is 8.66. The Morgan fingerprint density at radius 1 is 0.958 bits per heavy atom.